The SMILES string of the molecule is N=C(N)N1CCC(ONC(=O)C2CCC3CN2C(=O)N3OS(=O)(=O)O)C1. The van der Waals surface area contributed by atoms with E-state index in [9.17, 15) is 18.0 Å². The maximum Gasteiger partial charge on any atom is 0.418 e. The van der Waals surface area contributed by atoms with Gasteiger partial charge in [-0.05, 0) is 19.3 Å². The van der Waals surface area contributed by atoms with Crippen molar-refractivity contribution in [2.24, 2.45) is 5.73 Å². The van der Waals surface area contributed by atoms with Crippen molar-refractivity contribution < 1.29 is 31.7 Å². The zero-order valence-corrected chi connectivity index (χ0v) is 14.5. The number of fused-ring (bicyclic) bond motifs is 2. The van der Waals surface area contributed by atoms with E-state index in [1.807, 2.05) is 0 Å². The Balaban J connectivity index is 1.55. The minimum Gasteiger partial charge on any atom is -0.370 e. The van der Waals surface area contributed by atoms with Gasteiger partial charge in [-0.1, -0.05) is 0 Å². The Morgan fingerprint density at radius 2 is 2.04 bits per heavy atom. The molecule has 0 radical (unpaired) electrons. The number of carbonyl (C=O) groups excluding carboxylic acids is 2. The van der Waals surface area contributed by atoms with Crippen molar-refractivity contribution in [3.8, 4) is 0 Å². The van der Waals surface area contributed by atoms with Crippen LogP contribution in [0, 0.1) is 5.41 Å². The lowest BCUT2D eigenvalue weighted by Gasteiger charge is -2.29. The van der Waals surface area contributed by atoms with E-state index in [0.717, 1.165) is 0 Å². The number of hydrogen-bond acceptors (Lipinski definition) is 7. The number of urea groups is 1. The second kappa shape index (κ2) is 6.86. The molecule has 3 amide bonds. The molecule has 3 fully saturated rings. The number of hydroxylamine groups is 3. The van der Waals surface area contributed by atoms with E-state index >= 15 is 0 Å². The molecule has 13 nitrogen and oxygen atoms in total. The van der Waals surface area contributed by atoms with Gasteiger partial charge in [0.1, 0.15) is 12.1 Å². The van der Waals surface area contributed by atoms with E-state index in [0.29, 0.717) is 37.4 Å². The van der Waals surface area contributed by atoms with Crippen molar-refractivity contribution in [1.29, 1.82) is 5.41 Å². The van der Waals surface area contributed by atoms with E-state index in [2.05, 4.69) is 9.76 Å². The van der Waals surface area contributed by atoms with E-state index in [1.165, 1.54) is 4.90 Å². The molecule has 0 aromatic heterocycles. The summed E-state index contributed by atoms with van der Waals surface area (Å²) in [6, 6.07) is -2.21. The molecule has 5 N–H and O–H groups in total. The van der Waals surface area contributed by atoms with Crippen LogP contribution in [-0.2, 0) is 24.3 Å². The third-order valence-electron chi connectivity index (χ3n) is 4.61. The number of likely N-dealkylation sites (tertiary alicyclic amines) is 1. The normalized spacial score (nSPS) is 28.6. The molecule has 3 aliphatic heterocycles. The summed E-state index contributed by atoms with van der Waals surface area (Å²) in [5, 5.41) is 7.93. The van der Waals surface area contributed by atoms with E-state index in [4.69, 9.17) is 20.5 Å². The third kappa shape index (κ3) is 3.82. The number of nitrogens with zero attached hydrogens (tertiary/aromatic N) is 3. The topological polar surface area (TPSA) is 179 Å². The molecule has 0 aromatic carbocycles. The number of carbonyl (C=O) groups is 2. The van der Waals surface area contributed by atoms with Gasteiger partial charge in [0, 0.05) is 19.6 Å². The van der Waals surface area contributed by atoms with Gasteiger partial charge in [0.15, 0.2) is 5.96 Å². The average Bonchev–Trinajstić information content (AvgIpc) is 3.12. The predicted octanol–water partition coefficient (Wildman–Crippen LogP) is -2.00. The first-order valence-electron chi connectivity index (χ1n) is 7.97. The highest BCUT2D eigenvalue weighted by atomic mass is 32.3. The van der Waals surface area contributed by atoms with Crippen LogP contribution in [0.25, 0.3) is 0 Å². The summed E-state index contributed by atoms with van der Waals surface area (Å²) in [5.74, 6) is -0.603. The van der Waals surface area contributed by atoms with Gasteiger partial charge in [-0.25, -0.2) is 10.3 Å². The van der Waals surface area contributed by atoms with Gasteiger partial charge in [-0.15, -0.1) is 4.28 Å². The molecule has 3 rings (SSSR count). The number of piperidine rings is 1. The number of amides is 3. The highest BCUT2D eigenvalue weighted by Gasteiger charge is 2.49. The Morgan fingerprint density at radius 3 is 2.65 bits per heavy atom. The number of nitrogens with one attached hydrogen (secondary N) is 2. The van der Waals surface area contributed by atoms with Crippen LogP contribution in [0.1, 0.15) is 19.3 Å². The van der Waals surface area contributed by atoms with Gasteiger partial charge in [0.05, 0.1) is 6.04 Å². The molecule has 3 unspecified atom stereocenters. The Bertz CT molecular complexity index is 715. The Hall–Kier alpha value is -2.16. The maximum absolute atomic E-state index is 12.4. The monoisotopic (exact) mass is 392 g/mol. The van der Waals surface area contributed by atoms with Crippen LogP contribution in [0.3, 0.4) is 0 Å². The fourth-order valence-corrected chi connectivity index (χ4v) is 3.75. The molecule has 146 valence electrons. The second-order valence-corrected chi connectivity index (χ2v) is 7.34. The summed E-state index contributed by atoms with van der Waals surface area (Å²) in [7, 11) is -4.83. The van der Waals surface area contributed by atoms with E-state index < -0.39 is 34.4 Å². The number of rotatable bonds is 5. The third-order valence-corrected chi connectivity index (χ3v) is 4.96. The lowest BCUT2D eigenvalue weighted by Crippen LogP contribution is -2.50. The van der Waals surface area contributed by atoms with Crippen LogP contribution in [-0.4, -0.2) is 83.6 Å². The first-order valence-corrected chi connectivity index (χ1v) is 9.33. The van der Waals surface area contributed by atoms with Crippen molar-refractivity contribution >= 4 is 28.3 Å². The molecule has 3 saturated heterocycles. The maximum atomic E-state index is 12.4. The quantitative estimate of drug-likeness (QED) is 0.178. The van der Waals surface area contributed by atoms with E-state index in [-0.39, 0.29) is 18.6 Å². The molecule has 26 heavy (non-hydrogen) atoms. The van der Waals surface area contributed by atoms with Crippen LogP contribution in [0.15, 0.2) is 0 Å². The van der Waals surface area contributed by atoms with Crippen LogP contribution in [0.4, 0.5) is 4.79 Å². The van der Waals surface area contributed by atoms with Crippen LogP contribution in [0.2, 0.25) is 0 Å². The first-order chi connectivity index (χ1) is 12.2. The van der Waals surface area contributed by atoms with Gasteiger partial charge in [-0.3, -0.25) is 19.6 Å². The minimum absolute atomic E-state index is 0.0673. The molecule has 2 bridgehead atoms. The molecule has 3 aliphatic rings. The molecular formula is C12H20N6O7S. The summed E-state index contributed by atoms with van der Waals surface area (Å²) in [6.07, 6.45) is 0.886. The Kier molecular flexibility index (Phi) is 4.92. The zero-order valence-electron chi connectivity index (χ0n) is 13.7. The fourth-order valence-electron chi connectivity index (χ4n) is 3.36. The van der Waals surface area contributed by atoms with Crippen LogP contribution >= 0.6 is 0 Å². The summed E-state index contributed by atoms with van der Waals surface area (Å²) >= 11 is 0. The smallest absolute Gasteiger partial charge is 0.370 e. The van der Waals surface area contributed by atoms with Gasteiger partial charge in [0.25, 0.3) is 5.91 Å². The summed E-state index contributed by atoms with van der Waals surface area (Å²) in [5.41, 5.74) is 7.71. The minimum atomic E-state index is -4.83. The predicted molar refractivity (Wildman–Crippen MR) is 84.5 cm³/mol. The number of guanidine groups is 1. The van der Waals surface area contributed by atoms with Crippen molar-refractivity contribution in [3.05, 3.63) is 0 Å². The fraction of sp³-hybridized carbons (Fsp3) is 0.750. The van der Waals surface area contributed by atoms with Gasteiger partial charge >= 0.3 is 16.4 Å². The molecule has 14 heteroatoms. The second-order valence-electron chi connectivity index (χ2n) is 6.34. The lowest BCUT2D eigenvalue weighted by atomic mass is 10.0. The molecule has 0 aliphatic carbocycles. The lowest BCUT2D eigenvalue weighted by molar-refractivity contribution is -0.143. The van der Waals surface area contributed by atoms with Crippen LogP contribution in [0.5, 0.6) is 0 Å². The highest BCUT2D eigenvalue weighted by molar-refractivity contribution is 7.80. The molecule has 3 atom stereocenters. The van der Waals surface area contributed by atoms with Gasteiger partial charge in [-0.2, -0.15) is 13.5 Å². The summed E-state index contributed by atoms with van der Waals surface area (Å²) in [6.45, 7) is 1.03. The summed E-state index contributed by atoms with van der Waals surface area (Å²) < 4.78 is 34.8. The van der Waals surface area contributed by atoms with Crippen molar-refractivity contribution in [2.45, 2.75) is 37.5 Å². The first kappa shape index (κ1) is 18.6. The largest absolute Gasteiger partial charge is 0.418 e. The van der Waals surface area contributed by atoms with Crippen molar-refractivity contribution in [1.82, 2.24) is 20.3 Å². The highest BCUT2D eigenvalue weighted by Crippen LogP contribution is 2.30. The number of nitrogens with two attached hydrogens (primary N) is 1. The van der Waals surface area contributed by atoms with Crippen molar-refractivity contribution in [2.75, 3.05) is 19.6 Å². The van der Waals surface area contributed by atoms with Crippen molar-refractivity contribution in [3.63, 3.8) is 0 Å². The molecule has 0 spiro atoms. The van der Waals surface area contributed by atoms with E-state index in [1.54, 1.807) is 4.90 Å². The molecular weight excluding hydrogens is 372 g/mol. The molecule has 0 saturated carbocycles. The van der Waals surface area contributed by atoms with Gasteiger partial charge in [0.2, 0.25) is 0 Å². The number of hydrogen-bond donors (Lipinski definition) is 4. The average molecular weight is 392 g/mol. The van der Waals surface area contributed by atoms with Gasteiger partial charge < -0.3 is 15.5 Å². The Morgan fingerprint density at radius 1 is 1.31 bits per heavy atom. The zero-order chi connectivity index (χ0) is 19.1. The standard InChI is InChI=1S/C12H20N6O7S/c13-11(14)16-4-3-8(6-16)24-15-10(19)9-2-1-7-5-17(9)12(20)18(7)25-26(21,22)23/h7-9H,1-6H2,(H3,13,14)(H,15,19)(H,21,22,23). The molecule has 3 heterocycles. The summed E-state index contributed by atoms with van der Waals surface area (Å²) in [4.78, 5) is 32.7. The molecule has 0 aromatic rings. The van der Waals surface area contributed by atoms with Crippen LogP contribution < -0.4 is 11.2 Å². The Labute approximate surface area is 149 Å².